The molecule has 3 heteroatoms. The van der Waals surface area contributed by atoms with Crippen molar-refractivity contribution in [2.75, 3.05) is 19.6 Å². The summed E-state index contributed by atoms with van der Waals surface area (Å²) in [5.41, 5.74) is 0. The van der Waals surface area contributed by atoms with E-state index in [0.717, 1.165) is 38.4 Å². The predicted octanol–water partition coefficient (Wildman–Crippen LogP) is 1.78. The van der Waals surface area contributed by atoms with Gasteiger partial charge in [-0.1, -0.05) is 13.3 Å². The van der Waals surface area contributed by atoms with Crippen LogP contribution in [0.4, 0.5) is 0 Å². The van der Waals surface area contributed by atoms with Crippen molar-refractivity contribution in [3.63, 3.8) is 0 Å². The van der Waals surface area contributed by atoms with E-state index in [1.54, 1.807) is 0 Å². The molecule has 1 unspecified atom stereocenters. The van der Waals surface area contributed by atoms with Gasteiger partial charge in [-0.15, -0.1) is 0 Å². The molecule has 3 nitrogen and oxygen atoms in total. The van der Waals surface area contributed by atoms with Crippen LogP contribution in [0.1, 0.15) is 45.4 Å². The fraction of sp³-hybridized carbons (Fsp3) is 0.923. The fourth-order valence-electron chi connectivity index (χ4n) is 2.91. The van der Waals surface area contributed by atoms with Crippen molar-refractivity contribution < 1.29 is 4.79 Å². The summed E-state index contributed by atoms with van der Waals surface area (Å²) in [6.07, 6.45) is 7.16. The number of hydrogen-bond acceptors (Lipinski definition) is 2. The van der Waals surface area contributed by atoms with Crippen molar-refractivity contribution in [1.82, 2.24) is 10.2 Å². The maximum absolute atomic E-state index is 12.2. The number of likely N-dealkylation sites (tertiary alicyclic amines) is 1. The number of rotatable bonds is 2. The summed E-state index contributed by atoms with van der Waals surface area (Å²) in [6, 6.07) is 0.123. The van der Waals surface area contributed by atoms with Crippen LogP contribution in [0.2, 0.25) is 0 Å². The van der Waals surface area contributed by atoms with Crippen molar-refractivity contribution in [3.05, 3.63) is 0 Å². The van der Waals surface area contributed by atoms with Gasteiger partial charge >= 0.3 is 0 Å². The lowest BCUT2D eigenvalue weighted by Gasteiger charge is -2.24. The number of nitrogens with zero attached hydrogens (tertiary/aromatic N) is 1. The van der Waals surface area contributed by atoms with Crippen LogP contribution in [0, 0.1) is 5.92 Å². The first-order valence-electron chi connectivity index (χ1n) is 6.83. The second kappa shape index (κ2) is 5.67. The maximum atomic E-state index is 12.2. The summed E-state index contributed by atoms with van der Waals surface area (Å²) in [5.74, 6) is 1.20. The molecule has 2 atom stereocenters. The second-order valence-corrected chi connectivity index (χ2v) is 5.18. The van der Waals surface area contributed by atoms with E-state index in [1.807, 2.05) is 0 Å². The van der Waals surface area contributed by atoms with E-state index in [-0.39, 0.29) is 6.04 Å². The monoisotopic (exact) mass is 224 g/mol. The zero-order valence-electron chi connectivity index (χ0n) is 10.4. The van der Waals surface area contributed by atoms with Crippen molar-refractivity contribution >= 4 is 5.91 Å². The lowest BCUT2D eigenvalue weighted by atomic mass is 9.98. The van der Waals surface area contributed by atoms with Gasteiger partial charge in [-0.25, -0.2) is 0 Å². The van der Waals surface area contributed by atoms with Crippen molar-refractivity contribution in [1.29, 1.82) is 0 Å². The predicted molar refractivity (Wildman–Crippen MR) is 65.2 cm³/mol. The van der Waals surface area contributed by atoms with Gasteiger partial charge in [-0.05, 0) is 44.6 Å². The first kappa shape index (κ1) is 11.9. The molecule has 1 N–H and O–H groups in total. The standard InChI is InChI=1S/C13H24N2O/c1-2-11-5-4-9-15(10-7-11)13(16)12-6-3-8-14-12/h11-12,14H,2-10H2,1H3/t11?,12-/m0/s1. The first-order chi connectivity index (χ1) is 7.81. The number of amides is 1. The van der Waals surface area contributed by atoms with E-state index in [1.165, 1.54) is 25.7 Å². The van der Waals surface area contributed by atoms with Crippen LogP contribution in [-0.2, 0) is 4.79 Å². The van der Waals surface area contributed by atoms with Crippen molar-refractivity contribution in [2.24, 2.45) is 5.92 Å². The minimum atomic E-state index is 0.123. The quantitative estimate of drug-likeness (QED) is 0.775. The zero-order chi connectivity index (χ0) is 11.4. The third-order valence-electron chi connectivity index (χ3n) is 4.10. The number of hydrogen-bond donors (Lipinski definition) is 1. The molecule has 2 aliphatic rings. The molecule has 2 saturated heterocycles. The Kier molecular flexibility index (Phi) is 4.22. The highest BCUT2D eigenvalue weighted by molar-refractivity contribution is 5.82. The van der Waals surface area contributed by atoms with Gasteiger partial charge in [0.1, 0.15) is 0 Å². The van der Waals surface area contributed by atoms with E-state index in [4.69, 9.17) is 0 Å². The molecule has 2 heterocycles. The molecule has 2 aliphatic heterocycles. The number of nitrogens with one attached hydrogen (secondary N) is 1. The van der Waals surface area contributed by atoms with Gasteiger partial charge < -0.3 is 10.2 Å². The Morgan fingerprint density at radius 3 is 2.81 bits per heavy atom. The van der Waals surface area contributed by atoms with Gasteiger partial charge in [-0.2, -0.15) is 0 Å². The average Bonchev–Trinajstić information content (AvgIpc) is 2.73. The molecule has 0 aromatic carbocycles. The lowest BCUT2D eigenvalue weighted by Crippen LogP contribution is -2.44. The Hall–Kier alpha value is -0.570. The smallest absolute Gasteiger partial charge is 0.239 e. The van der Waals surface area contributed by atoms with Crippen LogP contribution in [0.3, 0.4) is 0 Å². The van der Waals surface area contributed by atoms with Gasteiger partial charge in [0.05, 0.1) is 6.04 Å². The van der Waals surface area contributed by atoms with Crippen LogP contribution in [-0.4, -0.2) is 36.5 Å². The molecule has 92 valence electrons. The lowest BCUT2D eigenvalue weighted by molar-refractivity contribution is -0.133. The van der Waals surface area contributed by atoms with E-state index < -0.39 is 0 Å². The van der Waals surface area contributed by atoms with Gasteiger partial charge in [0.15, 0.2) is 0 Å². The molecule has 2 rings (SSSR count). The number of carbonyl (C=O) groups is 1. The Labute approximate surface area is 98.6 Å². The minimum Gasteiger partial charge on any atom is -0.341 e. The average molecular weight is 224 g/mol. The summed E-state index contributed by atoms with van der Waals surface area (Å²) in [6.45, 7) is 5.24. The molecular formula is C13H24N2O. The molecule has 0 bridgehead atoms. The Balaban J connectivity index is 1.86. The van der Waals surface area contributed by atoms with E-state index in [0.29, 0.717) is 5.91 Å². The molecule has 16 heavy (non-hydrogen) atoms. The highest BCUT2D eigenvalue weighted by Crippen LogP contribution is 2.21. The van der Waals surface area contributed by atoms with E-state index >= 15 is 0 Å². The van der Waals surface area contributed by atoms with Crippen molar-refractivity contribution in [2.45, 2.75) is 51.5 Å². The Morgan fingerprint density at radius 2 is 2.12 bits per heavy atom. The molecule has 2 fully saturated rings. The molecule has 1 amide bonds. The largest absolute Gasteiger partial charge is 0.341 e. The van der Waals surface area contributed by atoms with Crippen molar-refractivity contribution in [3.8, 4) is 0 Å². The van der Waals surface area contributed by atoms with Gasteiger partial charge in [-0.3, -0.25) is 4.79 Å². The SMILES string of the molecule is CCC1CCCN(C(=O)[C@@H]2CCCN2)CC1. The van der Waals surface area contributed by atoms with Gasteiger partial charge in [0.25, 0.3) is 0 Å². The summed E-state index contributed by atoms with van der Waals surface area (Å²) in [5, 5.41) is 3.31. The normalized spacial score (nSPS) is 31.4. The van der Waals surface area contributed by atoms with Crippen LogP contribution in [0.15, 0.2) is 0 Å². The first-order valence-corrected chi connectivity index (χ1v) is 6.83. The Bertz CT molecular complexity index is 236. The Morgan fingerprint density at radius 1 is 1.25 bits per heavy atom. The zero-order valence-corrected chi connectivity index (χ0v) is 10.4. The van der Waals surface area contributed by atoms with Crippen LogP contribution >= 0.6 is 0 Å². The van der Waals surface area contributed by atoms with E-state index in [2.05, 4.69) is 17.1 Å². The van der Waals surface area contributed by atoms with Crippen LogP contribution < -0.4 is 5.32 Å². The molecular weight excluding hydrogens is 200 g/mol. The highest BCUT2D eigenvalue weighted by atomic mass is 16.2. The summed E-state index contributed by atoms with van der Waals surface area (Å²) >= 11 is 0. The van der Waals surface area contributed by atoms with Crippen LogP contribution in [0.25, 0.3) is 0 Å². The summed E-state index contributed by atoms with van der Waals surface area (Å²) in [4.78, 5) is 14.3. The van der Waals surface area contributed by atoms with Gasteiger partial charge in [0.2, 0.25) is 5.91 Å². The third-order valence-corrected chi connectivity index (χ3v) is 4.10. The van der Waals surface area contributed by atoms with Gasteiger partial charge in [0, 0.05) is 13.1 Å². The second-order valence-electron chi connectivity index (χ2n) is 5.18. The maximum Gasteiger partial charge on any atom is 0.239 e. The molecule has 0 aliphatic carbocycles. The minimum absolute atomic E-state index is 0.123. The topological polar surface area (TPSA) is 32.3 Å². The molecule has 0 aromatic heterocycles. The molecule has 0 spiro atoms. The van der Waals surface area contributed by atoms with Crippen LogP contribution in [0.5, 0.6) is 0 Å². The van der Waals surface area contributed by atoms with E-state index in [9.17, 15) is 4.79 Å². The highest BCUT2D eigenvalue weighted by Gasteiger charge is 2.28. The fourth-order valence-corrected chi connectivity index (χ4v) is 2.91. The molecule has 0 radical (unpaired) electrons. The summed E-state index contributed by atoms with van der Waals surface area (Å²) in [7, 11) is 0. The number of carbonyl (C=O) groups excluding carboxylic acids is 1. The molecule has 0 aromatic rings. The summed E-state index contributed by atoms with van der Waals surface area (Å²) < 4.78 is 0. The molecule has 0 saturated carbocycles. The third kappa shape index (κ3) is 2.76.